The molecule has 70 valence electrons. The van der Waals surface area contributed by atoms with Crippen LogP contribution in [0.1, 0.15) is 5.69 Å². The Morgan fingerprint density at radius 1 is 1.50 bits per heavy atom. The SMILES string of the molecule is C1=NCc2ncn(-c3ccco3)c2N1. The number of hydrogen-bond acceptors (Lipinski definition) is 4. The van der Waals surface area contributed by atoms with Gasteiger partial charge in [0.25, 0.3) is 0 Å². The fourth-order valence-electron chi connectivity index (χ4n) is 1.47. The molecule has 1 N–H and O–H groups in total. The summed E-state index contributed by atoms with van der Waals surface area (Å²) in [6, 6.07) is 3.73. The normalized spacial score (nSPS) is 13.7. The van der Waals surface area contributed by atoms with E-state index in [0.717, 1.165) is 17.4 Å². The van der Waals surface area contributed by atoms with Crippen LogP contribution in [-0.4, -0.2) is 15.9 Å². The van der Waals surface area contributed by atoms with E-state index < -0.39 is 0 Å². The van der Waals surface area contributed by atoms with Gasteiger partial charge in [0, 0.05) is 6.07 Å². The van der Waals surface area contributed by atoms with Crippen molar-refractivity contribution in [3.63, 3.8) is 0 Å². The Hall–Kier alpha value is -2.04. The molecule has 1 aliphatic rings. The average molecular weight is 188 g/mol. The Labute approximate surface area is 80.1 Å². The highest BCUT2D eigenvalue weighted by molar-refractivity contribution is 5.77. The van der Waals surface area contributed by atoms with Gasteiger partial charge in [-0.3, -0.25) is 9.56 Å². The second kappa shape index (κ2) is 2.73. The van der Waals surface area contributed by atoms with Gasteiger partial charge in [0.05, 0.1) is 19.1 Å². The van der Waals surface area contributed by atoms with Crippen molar-refractivity contribution in [2.75, 3.05) is 5.32 Å². The van der Waals surface area contributed by atoms with E-state index >= 15 is 0 Å². The molecule has 0 radical (unpaired) electrons. The molecule has 1 aliphatic heterocycles. The summed E-state index contributed by atoms with van der Waals surface area (Å²) in [5, 5.41) is 3.05. The fraction of sp³-hybridized carbons (Fsp3) is 0.111. The second-order valence-corrected chi connectivity index (χ2v) is 2.98. The summed E-state index contributed by atoms with van der Waals surface area (Å²) in [7, 11) is 0. The minimum Gasteiger partial charge on any atom is -0.448 e. The largest absolute Gasteiger partial charge is 0.448 e. The maximum atomic E-state index is 5.28. The molecule has 0 amide bonds. The van der Waals surface area contributed by atoms with Crippen LogP contribution >= 0.6 is 0 Å². The van der Waals surface area contributed by atoms with Crippen molar-refractivity contribution < 1.29 is 4.42 Å². The molecule has 0 unspecified atom stereocenters. The van der Waals surface area contributed by atoms with Gasteiger partial charge in [-0.05, 0) is 6.07 Å². The molecule has 14 heavy (non-hydrogen) atoms. The highest BCUT2D eigenvalue weighted by Crippen LogP contribution is 2.22. The first-order valence-electron chi connectivity index (χ1n) is 4.30. The summed E-state index contributed by atoms with van der Waals surface area (Å²) in [4.78, 5) is 8.31. The van der Waals surface area contributed by atoms with Crippen LogP contribution in [0.3, 0.4) is 0 Å². The zero-order valence-electron chi connectivity index (χ0n) is 7.34. The third-order valence-electron chi connectivity index (χ3n) is 2.12. The van der Waals surface area contributed by atoms with E-state index in [1.165, 1.54) is 0 Å². The summed E-state index contributed by atoms with van der Waals surface area (Å²) >= 11 is 0. The van der Waals surface area contributed by atoms with Crippen LogP contribution in [0.4, 0.5) is 5.82 Å². The van der Waals surface area contributed by atoms with E-state index in [4.69, 9.17) is 4.42 Å². The summed E-state index contributed by atoms with van der Waals surface area (Å²) in [5.74, 6) is 1.68. The molecule has 0 bridgehead atoms. The number of nitrogens with zero attached hydrogens (tertiary/aromatic N) is 3. The molecule has 2 aromatic rings. The second-order valence-electron chi connectivity index (χ2n) is 2.98. The first-order chi connectivity index (χ1) is 6.95. The van der Waals surface area contributed by atoms with E-state index in [9.17, 15) is 0 Å². The van der Waals surface area contributed by atoms with Gasteiger partial charge in [0.15, 0.2) is 0 Å². The monoisotopic (exact) mass is 188 g/mol. The van der Waals surface area contributed by atoms with Crippen molar-refractivity contribution in [3.8, 4) is 5.88 Å². The van der Waals surface area contributed by atoms with Gasteiger partial charge in [-0.25, -0.2) is 4.98 Å². The molecular formula is C9H8N4O. The lowest BCUT2D eigenvalue weighted by atomic mass is 10.4. The molecule has 2 aromatic heterocycles. The van der Waals surface area contributed by atoms with Gasteiger partial charge in [-0.15, -0.1) is 0 Å². The standard InChI is InChI=1S/C9H8N4O/c1-2-8(14-3-1)13-6-12-7-4-10-5-11-9(7)13/h1-3,5-6H,4H2,(H,10,11). The first-order valence-corrected chi connectivity index (χ1v) is 4.30. The predicted molar refractivity (Wildman–Crippen MR) is 51.6 cm³/mol. The molecule has 0 aliphatic carbocycles. The van der Waals surface area contributed by atoms with Gasteiger partial charge >= 0.3 is 0 Å². The third-order valence-corrected chi connectivity index (χ3v) is 2.12. The van der Waals surface area contributed by atoms with Crippen LogP contribution in [0.25, 0.3) is 5.88 Å². The molecule has 0 fully saturated rings. The van der Waals surface area contributed by atoms with Crippen molar-refractivity contribution in [2.45, 2.75) is 6.54 Å². The number of nitrogens with one attached hydrogen (secondary N) is 1. The van der Waals surface area contributed by atoms with Crippen LogP contribution in [0.2, 0.25) is 0 Å². The minimum atomic E-state index is 0.621. The Morgan fingerprint density at radius 2 is 2.50 bits per heavy atom. The number of fused-ring (bicyclic) bond motifs is 1. The zero-order chi connectivity index (χ0) is 9.38. The molecule has 3 heterocycles. The highest BCUT2D eigenvalue weighted by atomic mass is 16.3. The quantitative estimate of drug-likeness (QED) is 0.736. The molecule has 0 atom stereocenters. The Morgan fingerprint density at radius 3 is 3.36 bits per heavy atom. The zero-order valence-corrected chi connectivity index (χ0v) is 7.34. The Balaban J connectivity index is 2.13. The first kappa shape index (κ1) is 7.37. The highest BCUT2D eigenvalue weighted by Gasteiger charge is 2.14. The molecule has 5 heteroatoms. The third kappa shape index (κ3) is 0.953. The molecule has 0 spiro atoms. The number of anilines is 1. The number of aromatic nitrogens is 2. The Bertz CT molecular complexity index is 469. The minimum absolute atomic E-state index is 0.621. The van der Waals surface area contributed by atoms with E-state index in [2.05, 4.69) is 15.3 Å². The number of hydrogen-bond donors (Lipinski definition) is 1. The summed E-state index contributed by atoms with van der Waals surface area (Å²) in [6.07, 6.45) is 5.03. The van der Waals surface area contributed by atoms with Crippen molar-refractivity contribution >= 4 is 12.2 Å². The van der Waals surface area contributed by atoms with Crippen LogP contribution < -0.4 is 5.32 Å². The molecule has 0 saturated heterocycles. The maximum Gasteiger partial charge on any atom is 0.206 e. The van der Waals surface area contributed by atoms with Crippen LogP contribution in [0.15, 0.2) is 34.1 Å². The smallest absolute Gasteiger partial charge is 0.206 e. The number of furan rings is 1. The molecule has 3 rings (SSSR count). The summed E-state index contributed by atoms with van der Waals surface area (Å²) in [6.45, 7) is 0.621. The lowest BCUT2D eigenvalue weighted by Crippen LogP contribution is -2.08. The van der Waals surface area contributed by atoms with Gasteiger partial charge in [-0.1, -0.05) is 0 Å². The van der Waals surface area contributed by atoms with Gasteiger partial charge in [0.2, 0.25) is 5.88 Å². The fourth-order valence-corrected chi connectivity index (χ4v) is 1.47. The Kier molecular flexibility index (Phi) is 1.44. The summed E-state index contributed by atoms with van der Waals surface area (Å²) < 4.78 is 7.14. The number of aliphatic imine (C=N–C) groups is 1. The van der Waals surface area contributed by atoms with Crippen molar-refractivity contribution in [2.24, 2.45) is 4.99 Å². The van der Waals surface area contributed by atoms with Crippen molar-refractivity contribution in [1.29, 1.82) is 0 Å². The topological polar surface area (TPSA) is 55.4 Å². The number of imidazole rings is 1. The van der Waals surface area contributed by atoms with E-state index in [1.807, 2.05) is 16.7 Å². The number of rotatable bonds is 1. The van der Waals surface area contributed by atoms with Gasteiger partial charge in [-0.2, -0.15) is 0 Å². The molecule has 0 saturated carbocycles. The lowest BCUT2D eigenvalue weighted by molar-refractivity contribution is 0.540. The van der Waals surface area contributed by atoms with Gasteiger partial charge in [0.1, 0.15) is 17.8 Å². The van der Waals surface area contributed by atoms with Crippen LogP contribution in [-0.2, 0) is 6.54 Å². The van der Waals surface area contributed by atoms with Crippen LogP contribution in [0, 0.1) is 0 Å². The van der Waals surface area contributed by atoms with Crippen LogP contribution in [0.5, 0.6) is 0 Å². The van der Waals surface area contributed by atoms with E-state index in [-0.39, 0.29) is 0 Å². The van der Waals surface area contributed by atoms with Gasteiger partial charge < -0.3 is 9.73 Å². The molecular weight excluding hydrogens is 180 g/mol. The van der Waals surface area contributed by atoms with E-state index in [0.29, 0.717) is 6.54 Å². The van der Waals surface area contributed by atoms with Crippen molar-refractivity contribution in [1.82, 2.24) is 9.55 Å². The lowest BCUT2D eigenvalue weighted by Gasteiger charge is -2.08. The average Bonchev–Trinajstić information content (AvgIpc) is 2.85. The molecule has 5 nitrogen and oxygen atoms in total. The molecule has 0 aromatic carbocycles. The van der Waals surface area contributed by atoms with Crippen molar-refractivity contribution in [3.05, 3.63) is 30.4 Å². The summed E-state index contributed by atoms with van der Waals surface area (Å²) in [5.41, 5.74) is 0.934. The van der Waals surface area contributed by atoms with E-state index in [1.54, 1.807) is 18.9 Å². The maximum absolute atomic E-state index is 5.28. The predicted octanol–water partition coefficient (Wildman–Crippen LogP) is 1.42.